The van der Waals surface area contributed by atoms with Crippen LogP contribution in [0, 0.1) is 0 Å². The zero-order valence-electron chi connectivity index (χ0n) is 9.10. The van der Waals surface area contributed by atoms with Gasteiger partial charge in [-0.2, -0.15) is 0 Å². The van der Waals surface area contributed by atoms with Crippen LogP contribution < -0.4 is 10.8 Å². The first kappa shape index (κ1) is 11.6. The molecule has 84 valence electrons. The summed E-state index contributed by atoms with van der Waals surface area (Å²) < 4.78 is 1.11. The van der Waals surface area contributed by atoms with E-state index in [0.717, 1.165) is 17.7 Å². The lowest BCUT2D eigenvalue weighted by Gasteiger charge is -2.01. The topological polar surface area (TPSA) is 52.5 Å². The normalized spacial score (nSPS) is 10.9. The van der Waals surface area contributed by atoms with E-state index in [4.69, 9.17) is 10.0 Å². The van der Waals surface area contributed by atoms with Crippen molar-refractivity contribution in [2.75, 3.05) is 13.6 Å². The molecular formula is C11H14BNO2S. The van der Waals surface area contributed by atoms with Crippen LogP contribution >= 0.6 is 11.3 Å². The third kappa shape index (κ3) is 2.27. The molecule has 0 atom stereocenters. The number of fused-ring (bicyclic) bond motifs is 1. The molecular weight excluding hydrogens is 221 g/mol. The maximum Gasteiger partial charge on any atom is 0.488 e. The highest BCUT2D eigenvalue weighted by Gasteiger charge is 2.12. The first-order valence-corrected chi connectivity index (χ1v) is 6.11. The number of rotatable bonds is 4. The van der Waals surface area contributed by atoms with Gasteiger partial charge in [0.05, 0.1) is 0 Å². The molecule has 0 aliphatic carbocycles. The van der Waals surface area contributed by atoms with Crippen molar-refractivity contribution in [2.45, 2.75) is 6.42 Å². The zero-order valence-corrected chi connectivity index (χ0v) is 9.92. The number of nitrogens with one attached hydrogen (secondary N) is 1. The van der Waals surface area contributed by atoms with Crippen molar-refractivity contribution in [3.05, 3.63) is 29.1 Å². The molecule has 0 aliphatic heterocycles. The Balaban J connectivity index is 2.35. The number of hydrogen-bond acceptors (Lipinski definition) is 4. The van der Waals surface area contributed by atoms with Crippen molar-refractivity contribution in [1.82, 2.24) is 5.32 Å². The predicted octanol–water partition coefficient (Wildman–Crippen LogP) is 0.343. The quantitative estimate of drug-likeness (QED) is 0.670. The monoisotopic (exact) mass is 235 g/mol. The summed E-state index contributed by atoms with van der Waals surface area (Å²) in [6, 6.07) is 5.57. The molecule has 0 unspecified atom stereocenters. The SMILES string of the molecule is CNCCc1csc2cc(B(O)O)ccc12. The molecule has 1 heterocycles. The van der Waals surface area contributed by atoms with Crippen LogP contribution in [-0.4, -0.2) is 30.8 Å². The van der Waals surface area contributed by atoms with Crippen LogP contribution in [0.15, 0.2) is 23.6 Å². The second-order valence-corrected chi connectivity index (χ2v) is 4.65. The van der Waals surface area contributed by atoms with Gasteiger partial charge in [0.2, 0.25) is 0 Å². The van der Waals surface area contributed by atoms with Gasteiger partial charge in [-0.25, -0.2) is 0 Å². The Morgan fingerprint density at radius 3 is 2.88 bits per heavy atom. The van der Waals surface area contributed by atoms with Gasteiger partial charge in [0.25, 0.3) is 0 Å². The van der Waals surface area contributed by atoms with Gasteiger partial charge in [-0.05, 0) is 47.9 Å². The molecule has 5 heteroatoms. The number of likely N-dealkylation sites (N-methyl/N-ethyl adjacent to an activating group) is 1. The van der Waals surface area contributed by atoms with Crippen molar-refractivity contribution in [2.24, 2.45) is 0 Å². The summed E-state index contributed by atoms with van der Waals surface area (Å²) in [5.41, 5.74) is 1.86. The molecule has 0 saturated heterocycles. The molecule has 0 aliphatic rings. The summed E-state index contributed by atoms with van der Waals surface area (Å²) in [6.07, 6.45) is 0.998. The molecule has 0 radical (unpaired) electrons. The van der Waals surface area contributed by atoms with Gasteiger partial charge in [-0.15, -0.1) is 11.3 Å². The predicted molar refractivity (Wildman–Crippen MR) is 69.3 cm³/mol. The fourth-order valence-electron chi connectivity index (χ4n) is 1.71. The summed E-state index contributed by atoms with van der Waals surface area (Å²) in [5.74, 6) is 0. The fraction of sp³-hybridized carbons (Fsp3) is 0.273. The lowest BCUT2D eigenvalue weighted by atomic mass is 9.80. The third-order valence-electron chi connectivity index (χ3n) is 2.62. The lowest BCUT2D eigenvalue weighted by Crippen LogP contribution is -2.29. The van der Waals surface area contributed by atoms with Gasteiger partial charge < -0.3 is 15.4 Å². The van der Waals surface area contributed by atoms with Crippen LogP contribution in [0.25, 0.3) is 10.1 Å². The van der Waals surface area contributed by atoms with Gasteiger partial charge in [0.15, 0.2) is 0 Å². The largest absolute Gasteiger partial charge is 0.488 e. The highest BCUT2D eigenvalue weighted by atomic mass is 32.1. The third-order valence-corrected chi connectivity index (χ3v) is 3.62. The maximum absolute atomic E-state index is 9.08. The molecule has 0 saturated carbocycles. The van der Waals surface area contributed by atoms with Gasteiger partial charge in [-0.1, -0.05) is 12.1 Å². The first-order chi connectivity index (χ1) is 7.72. The van der Waals surface area contributed by atoms with Gasteiger partial charge in [0.1, 0.15) is 0 Å². The highest BCUT2D eigenvalue weighted by molar-refractivity contribution is 7.17. The first-order valence-electron chi connectivity index (χ1n) is 5.23. The summed E-state index contributed by atoms with van der Waals surface area (Å²) in [6.45, 7) is 0.955. The van der Waals surface area contributed by atoms with Gasteiger partial charge in [-0.3, -0.25) is 0 Å². The Morgan fingerprint density at radius 2 is 2.19 bits per heavy atom. The van der Waals surface area contributed by atoms with E-state index < -0.39 is 7.12 Å². The standard InChI is InChI=1S/C11H14BNO2S/c1-13-5-4-8-7-16-11-6-9(12(14)15)2-3-10(8)11/h2-3,6-7,13-15H,4-5H2,1H3. The molecule has 2 aromatic rings. The van der Waals surface area contributed by atoms with Crippen LogP contribution in [0.5, 0.6) is 0 Å². The van der Waals surface area contributed by atoms with E-state index in [9.17, 15) is 0 Å². The van der Waals surface area contributed by atoms with Crippen molar-refractivity contribution >= 4 is 34.0 Å². The highest BCUT2D eigenvalue weighted by Crippen LogP contribution is 2.25. The van der Waals surface area contributed by atoms with Crippen LogP contribution in [0.4, 0.5) is 0 Å². The van der Waals surface area contributed by atoms with E-state index in [1.807, 2.05) is 19.2 Å². The Bertz CT molecular complexity index is 484. The molecule has 0 spiro atoms. The fourth-order valence-corrected chi connectivity index (χ4v) is 2.76. The van der Waals surface area contributed by atoms with Crippen LogP contribution in [0.2, 0.25) is 0 Å². The van der Waals surface area contributed by atoms with E-state index >= 15 is 0 Å². The molecule has 3 nitrogen and oxygen atoms in total. The smallest absolute Gasteiger partial charge is 0.423 e. The number of thiophene rings is 1. The molecule has 0 fully saturated rings. The van der Waals surface area contributed by atoms with Crippen molar-refractivity contribution < 1.29 is 10.0 Å². The van der Waals surface area contributed by atoms with Crippen LogP contribution in [0.3, 0.4) is 0 Å². The molecule has 2 rings (SSSR count). The van der Waals surface area contributed by atoms with Crippen LogP contribution in [-0.2, 0) is 6.42 Å². The van der Waals surface area contributed by atoms with Gasteiger partial charge >= 0.3 is 7.12 Å². The maximum atomic E-state index is 9.08. The summed E-state index contributed by atoms with van der Waals surface area (Å²) >= 11 is 1.65. The summed E-state index contributed by atoms with van der Waals surface area (Å²) in [5, 5.41) is 24.6. The minimum absolute atomic E-state index is 0.550. The number of hydrogen-bond donors (Lipinski definition) is 3. The minimum atomic E-state index is -1.38. The average Bonchev–Trinajstić information content (AvgIpc) is 2.68. The Kier molecular flexibility index (Phi) is 3.61. The van der Waals surface area contributed by atoms with E-state index in [1.165, 1.54) is 10.9 Å². The lowest BCUT2D eigenvalue weighted by molar-refractivity contribution is 0.426. The molecule has 3 N–H and O–H groups in total. The molecule has 1 aromatic carbocycles. The van der Waals surface area contributed by atoms with E-state index in [0.29, 0.717) is 5.46 Å². The van der Waals surface area contributed by atoms with Crippen molar-refractivity contribution in [1.29, 1.82) is 0 Å². The Hall–Kier alpha value is -0.875. The molecule has 1 aromatic heterocycles. The minimum Gasteiger partial charge on any atom is -0.423 e. The summed E-state index contributed by atoms with van der Waals surface area (Å²) in [7, 11) is 0.557. The second kappa shape index (κ2) is 4.97. The second-order valence-electron chi connectivity index (χ2n) is 3.74. The van der Waals surface area contributed by atoms with Crippen molar-refractivity contribution in [3.8, 4) is 0 Å². The molecule has 0 bridgehead atoms. The Labute approximate surface area is 98.9 Å². The molecule has 16 heavy (non-hydrogen) atoms. The zero-order chi connectivity index (χ0) is 11.5. The molecule has 0 amide bonds. The van der Waals surface area contributed by atoms with Crippen LogP contribution in [0.1, 0.15) is 5.56 Å². The Morgan fingerprint density at radius 1 is 1.38 bits per heavy atom. The summed E-state index contributed by atoms with van der Waals surface area (Å²) in [4.78, 5) is 0. The van der Waals surface area contributed by atoms with Gasteiger partial charge in [0, 0.05) is 4.70 Å². The van der Waals surface area contributed by atoms with E-state index in [1.54, 1.807) is 17.4 Å². The number of benzene rings is 1. The van der Waals surface area contributed by atoms with E-state index in [2.05, 4.69) is 10.7 Å². The average molecular weight is 235 g/mol. The van der Waals surface area contributed by atoms with E-state index in [-0.39, 0.29) is 0 Å². The van der Waals surface area contributed by atoms with Crippen molar-refractivity contribution in [3.63, 3.8) is 0 Å².